The lowest BCUT2D eigenvalue weighted by Gasteiger charge is -2.15. The van der Waals surface area contributed by atoms with E-state index in [1.165, 1.54) is 17.2 Å². The molecule has 1 aliphatic carbocycles. The summed E-state index contributed by atoms with van der Waals surface area (Å²) in [5, 5.41) is 11.7. The second-order valence-corrected chi connectivity index (χ2v) is 6.66. The summed E-state index contributed by atoms with van der Waals surface area (Å²) in [6.07, 6.45) is 1.51. The minimum absolute atomic E-state index is 0.109. The zero-order chi connectivity index (χ0) is 15.0. The smallest absolute Gasteiger partial charge is 0.258 e. The molecule has 2 atom stereocenters. The Bertz CT molecular complexity index is 704. The molecule has 3 nitrogen and oxygen atoms in total. The molecule has 21 heavy (non-hydrogen) atoms. The molecule has 0 saturated carbocycles. The van der Waals surface area contributed by atoms with Gasteiger partial charge in [-0.1, -0.05) is 57.9 Å². The SMILES string of the molecule is O=[N+]([O-])c1cccc(Cl)c1CC1Cc2ccccc2C1Br. The maximum atomic E-state index is 11.2. The van der Waals surface area contributed by atoms with E-state index in [9.17, 15) is 10.1 Å². The number of hydrogen-bond acceptors (Lipinski definition) is 2. The first-order valence-electron chi connectivity index (χ1n) is 6.71. The lowest BCUT2D eigenvalue weighted by atomic mass is 9.95. The summed E-state index contributed by atoms with van der Waals surface area (Å²) >= 11 is 9.93. The van der Waals surface area contributed by atoms with Crippen LogP contribution in [0.5, 0.6) is 0 Å². The Morgan fingerprint density at radius 2 is 2.00 bits per heavy atom. The largest absolute Gasteiger partial charge is 0.274 e. The molecule has 0 radical (unpaired) electrons. The highest BCUT2D eigenvalue weighted by Crippen LogP contribution is 2.45. The van der Waals surface area contributed by atoms with Crippen LogP contribution in [0.1, 0.15) is 21.5 Å². The van der Waals surface area contributed by atoms with Gasteiger partial charge in [0.05, 0.1) is 9.95 Å². The van der Waals surface area contributed by atoms with Crippen LogP contribution in [0.4, 0.5) is 5.69 Å². The first-order valence-corrected chi connectivity index (χ1v) is 8.01. The Labute approximate surface area is 136 Å². The highest BCUT2D eigenvalue weighted by atomic mass is 79.9. The first kappa shape index (κ1) is 14.5. The zero-order valence-corrected chi connectivity index (χ0v) is 13.5. The van der Waals surface area contributed by atoms with E-state index in [1.807, 2.05) is 12.1 Å². The molecule has 0 bridgehead atoms. The van der Waals surface area contributed by atoms with Crippen molar-refractivity contribution in [3.05, 3.63) is 74.3 Å². The average molecular weight is 367 g/mol. The van der Waals surface area contributed by atoms with Crippen LogP contribution in [0.15, 0.2) is 42.5 Å². The fourth-order valence-corrected chi connectivity index (χ4v) is 4.05. The van der Waals surface area contributed by atoms with Crippen molar-refractivity contribution in [1.29, 1.82) is 0 Å². The van der Waals surface area contributed by atoms with E-state index in [2.05, 4.69) is 28.1 Å². The van der Waals surface area contributed by atoms with Gasteiger partial charge in [-0.05, 0) is 36.0 Å². The Morgan fingerprint density at radius 3 is 2.71 bits per heavy atom. The molecule has 0 spiro atoms. The number of fused-ring (bicyclic) bond motifs is 1. The normalized spacial score (nSPS) is 20.3. The molecule has 0 aromatic heterocycles. The van der Waals surface area contributed by atoms with Crippen molar-refractivity contribution in [1.82, 2.24) is 0 Å². The highest BCUT2D eigenvalue weighted by Gasteiger charge is 2.32. The van der Waals surface area contributed by atoms with E-state index < -0.39 is 0 Å². The Kier molecular flexibility index (Phi) is 4.00. The molecule has 2 aromatic rings. The van der Waals surface area contributed by atoms with E-state index in [-0.39, 0.29) is 21.4 Å². The van der Waals surface area contributed by atoms with Gasteiger partial charge in [0.1, 0.15) is 0 Å². The number of halogens is 2. The van der Waals surface area contributed by atoms with Crippen molar-refractivity contribution in [3.8, 4) is 0 Å². The molecule has 3 rings (SSSR count). The van der Waals surface area contributed by atoms with E-state index in [0.717, 1.165) is 6.42 Å². The second-order valence-electron chi connectivity index (χ2n) is 5.26. The van der Waals surface area contributed by atoms with Crippen LogP contribution in [0, 0.1) is 16.0 Å². The van der Waals surface area contributed by atoms with E-state index in [4.69, 9.17) is 11.6 Å². The van der Waals surface area contributed by atoms with Crippen molar-refractivity contribution >= 4 is 33.2 Å². The Morgan fingerprint density at radius 1 is 1.24 bits per heavy atom. The van der Waals surface area contributed by atoms with Gasteiger partial charge in [-0.25, -0.2) is 0 Å². The summed E-state index contributed by atoms with van der Waals surface area (Å²) in [7, 11) is 0. The summed E-state index contributed by atoms with van der Waals surface area (Å²) in [5.74, 6) is 0.279. The monoisotopic (exact) mass is 365 g/mol. The van der Waals surface area contributed by atoms with Gasteiger partial charge in [-0.3, -0.25) is 10.1 Å². The molecule has 0 fully saturated rings. The van der Waals surface area contributed by atoms with Gasteiger partial charge >= 0.3 is 0 Å². The van der Waals surface area contributed by atoms with Crippen molar-refractivity contribution in [3.63, 3.8) is 0 Å². The standard InChI is InChI=1S/C16H13BrClNO2/c17-16-11(8-10-4-1-2-5-12(10)16)9-13-14(18)6-3-7-15(13)19(20)21/h1-7,11,16H,8-9H2. The number of hydrogen-bond donors (Lipinski definition) is 0. The van der Waals surface area contributed by atoms with Crippen LogP contribution in [-0.4, -0.2) is 4.92 Å². The number of nitro benzene ring substituents is 1. The summed E-state index contributed by atoms with van der Waals surface area (Å²) in [6, 6.07) is 13.1. The fraction of sp³-hybridized carbons (Fsp3) is 0.250. The third kappa shape index (κ3) is 2.70. The quantitative estimate of drug-likeness (QED) is 0.431. The van der Waals surface area contributed by atoms with E-state index >= 15 is 0 Å². The van der Waals surface area contributed by atoms with Crippen molar-refractivity contribution in [2.24, 2.45) is 5.92 Å². The molecule has 0 heterocycles. The molecule has 0 amide bonds. The molecule has 0 aliphatic heterocycles. The van der Waals surface area contributed by atoms with Crippen LogP contribution in [0.3, 0.4) is 0 Å². The first-order chi connectivity index (χ1) is 10.1. The van der Waals surface area contributed by atoms with Crippen molar-refractivity contribution in [2.45, 2.75) is 17.7 Å². The number of nitro groups is 1. The summed E-state index contributed by atoms with van der Waals surface area (Å²) in [5.41, 5.74) is 3.32. The van der Waals surface area contributed by atoms with Crippen LogP contribution < -0.4 is 0 Å². The average Bonchev–Trinajstić information content (AvgIpc) is 2.78. The summed E-state index contributed by atoms with van der Waals surface area (Å²) in [4.78, 5) is 11.0. The predicted octanol–water partition coefficient (Wildman–Crippen LogP) is 5.10. The molecule has 0 N–H and O–H groups in total. The van der Waals surface area contributed by atoms with Crippen molar-refractivity contribution < 1.29 is 4.92 Å². The highest BCUT2D eigenvalue weighted by molar-refractivity contribution is 9.09. The lowest BCUT2D eigenvalue weighted by Crippen LogP contribution is -2.09. The molecule has 108 valence electrons. The predicted molar refractivity (Wildman–Crippen MR) is 87.1 cm³/mol. The van der Waals surface area contributed by atoms with Crippen molar-refractivity contribution in [2.75, 3.05) is 0 Å². The van der Waals surface area contributed by atoms with Crippen LogP contribution in [0.25, 0.3) is 0 Å². The maximum absolute atomic E-state index is 11.2. The fourth-order valence-electron chi connectivity index (χ4n) is 2.99. The topological polar surface area (TPSA) is 43.1 Å². The molecular formula is C16H13BrClNO2. The molecule has 5 heteroatoms. The maximum Gasteiger partial charge on any atom is 0.274 e. The molecule has 2 unspecified atom stereocenters. The Balaban J connectivity index is 1.91. The van der Waals surface area contributed by atoms with Gasteiger partial charge < -0.3 is 0 Å². The molecule has 2 aromatic carbocycles. The number of nitrogens with zero attached hydrogens (tertiary/aromatic N) is 1. The summed E-state index contributed by atoms with van der Waals surface area (Å²) in [6.45, 7) is 0. The third-order valence-corrected chi connectivity index (χ3v) is 5.60. The van der Waals surface area contributed by atoms with Crippen LogP contribution in [0.2, 0.25) is 5.02 Å². The van der Waals surface area contributed by atoms with Gasteiger partial charge in [0, 0.05) is 16.5 Å². The van der Waals surface area contributed by atoms with Gasteiger partial charge in [-0.15, -0.1) is 0 Å². The summed E-state index contributed by atoms with van der Waals surface area (Å²) < 4.78 is 0. The van der Waals surface area contributed by atoms with E-state index in [1.54, 1.807) is 12.1 Å². The minimum Gasteiger partial charge on any atom is -0.258 e. The third-order valence-electron chi connectivity index (χ3n) is 4.01. The van der Waals surface area contributed by atoms with E-state index in [0.29, 0.717) is 17.0 Å². The molecule has 0 saturated heterocycles. The second kappa shape index (κ2) is 5.78. The van der Waals surface area contributed by atoms with Gasteiger partial charge in [0.25, 0.3) is 5.69 Å². The van der Waals surface area contributed by atoms with Crippen LogP contribution in [-0.2, 0) is 12.8 Å². The number of alkyl halides is 1. The van der Waals surface area contributed by atoms with Gasteiger partial charge in [0.15, 0.2) is 0 Å². The Hall–Kier alpha value is -1.39. The number of rotatable bonds is 3. The van der Waals surface area contributed by atoms with Gasteiger partial charge in [-0.2, -0.15) is 0 Å². The van der Waals surface area contributed by atoms with Gasteiger partial charge in [0.2, 0.25) is 0 Å². The zero-order valence-electron chi connectivity index (χ0n) is 11.1. The minimum atomic E-state index is -0.355. The molecule has 1 aliphatic rings. The lowest BCUT2D eigenvalue weighted by molar-refractivity contribution is -0.385. The van der Waals surface area contributed by atoms with Crippen LogP contribution >= 0.6 is 27.5 Å². The molecular weight excluding hydrogens is 354 g/mol. The number of benzene rings is 2.